The molecule has 0 bridgehead atoms. The van der Waals surface area contributed by atoms with Crippen LogP contribution in [0.1, 0.15) is 34.6 Å². The Bertz CT molecular complexity index is 2430. The number of hydrogen-bond donors (Lipinski definition) is 4. The third-order valence-electron chi connectivity index (χ3n) is 10.2. The molecule has 3 heterocycles. The summed E-state index contributed by atoms with van der Waals surface area (Å²) in [5.41, 5.74) is 8.16. The van der Waals surface area contributed by atoms with Gasteiger partial charge in [-0.15, -0.1) is 0 Å². The number of nitrogens with zero attached hydrogens (tertiary/aromatic N) is 2. The molecule has 1 aliphatic heterocycles. The van der Waals surface area contributed by atoms with E-state index in [0.29, 0.717) is 35.2 Å². The monoisotopic (exact) mass is 707 g/mol. The highest BCUT2D eigenvalue weighted by Gasteiger charge is 2.35. The lowest BCUT2D eigenvalue weighted by atomic mass is 9.95. The van der Waals surface area contributed by atoms with E-state index >= 15 is 0 Å². The molecular weight excluding hydrogens is 670 g/mol. The van der Waals surface area contributed by atoms with E-state index in [9.17, 15) is 24.3 Å². The highest BCUT2D eigenvalue weighted by Crippen LogP contribution is 2.44. The van der Waals surface area contributed by atoms with E-state index in [2.05, 4.69) is 28.1 Å². The van der Waals surface area contributed by atoms with Gasteiger partial charge in [0, 0.05) is 71.4 Å². The number of para-hydroxylation sites is 2. The first-order valence-corrected chi connectivity index (χ1v) is 17.6. The summed E-state index contributed by atoms with van der Waals surface area (Å²) in [6, 6.07) is 30.3. The van der Waals surface area contributed by atoms with Crippen molar-refractivity contribution >= 4 is 56.8 Å². The summed E-state index contributed by atoms with van der Waals surface area (Å²) >= 11 is 0. The number of alkyl carbamates (subject to hydrolysis) is 1. The average Bonchev–Trinajstić information content (AvgIpc) is 3.89. The Hall–Kier alpha value is -6.46. The third-order valence-corrected chi connectivity index (χ3v) is 10.2. The number of ether oxygens (including phenoxy) is 1. The van der Waals surface area contributed by atoms with Gasteiger partial charge in [0.05, 0.1) is 17.8 Å². The molecule has 2 aliphatic rings. The molecule has 1 atom stereocenters. The quantitative estimate of drug-likeness (QED) is 0.109. The second kappa shape index (κ2) is 13.9. The van der Waals surface area contributed by atoms with E-state index in [0.717, 1.165) is 44.1 Å². The molecule has 0 radical (unpaired) electrons. The number of amides is 4. The summed E-state index contributed by atoms with van der Waals surface area (Å²) in [4.78, 5) is 52.4. The van der Waals surface area contributed by atoms with Crippen LogP contribution < -0.4 is 16.0 Å². The van der Waals surface area contributed by atoms with Crippen LogP contribution in [0.25, 0.3) is 44.1 Å². The van der Waals surface area contributed by atoms with Crippen molar-refractivity contribution in [2.24, 2.45) is 7.05 Å². The average molecular weight is 708 g/mol. The van der Waals surface area contributed by atoms with E-state index in [1.807, 2.05) is 114 Å². The summed E-state index contributed by atoms with van der Waals surface area (Å²) in [5, 5.41) is 19.5. The first-order valence-electron chi connectivity index (χ1n) is 17.6. The maximum absolute atomic E-state index is 13.4. The number of aliphatic hydroxyl groups is 1. The lowest BCUT2D eigenvalue weighted by Gasteiger charge is -2.18. The first kappa shape index (κ1) is 33.7. The zero-order valence-corrected chi connectivity index (χ0v) is 29.0. The molecule has 4 aromatic carbocycles. The maximum Gasteiger partial charge on any atom is 0.407 e. The Morgan fingerprint density at radius 2 is 1.34 bits per heavy atom. The van der Waals surface area contributed by atoms with Crippen molar-refractivity contribution in [1.82, 2.24) is 25.1 Å². The molecule has 2 aromatic heterocycles. The standard InChI is InChI=1S/C42H37N5O6/c1-46-21-31(29-15-6-8-17-35(29)46)37-38(41(51)45-40(37)50)32-22-47(36-18-9-7-16-30(32)36)20-10-19-43-39(49)34(23-48)44-42(52)53-24-33-27-13-4-2-11-25(27)26-12-3-5-14-28(26)33/h2-9,11-18,21-22,33-34,48H,10,19-20,23-24H2,1H3,(H,43,49)(H,44,52)(H,45,50,51)/t34-/m0/s1. The van der Waals surface area contributed by atoms with Crippen LogP contribution in [0.5, 0.6) is 0 Å². The Morgan fingerprint density at radius 1 is 0.774 bits per heavy atom. The highest BCUT2D eigenvalue weighted by atomic mass is 16.5. The SMILES string of the molecule is Cn1cc(C2=C(c3cn(CCCNC(=O)[C@H](CO)NC(=O)OCC4c5ccccc5-c5ccccc54)c4ccccc34)C(=O)NC2=O)c2ccccc21. The number of benzene rings is 4. The minimum absolute atomic E-state index is 0.0859. The molecule has 8 rings (SSSR count). The van der Waals surface area contributed by atoms with Crippen LogP contribution in [0.2, 0.25) is 0 Å². The summed E-state index contributed by atoms with van der Waals surface area (Å²) in [7, 11) is 1.91. The van der Waals surface area contributed by atoms with Gasteiger partial charge in [-0.25, -0.2) is 4.79 Å². The fourth-order valence-corrected chi connectivity index (χ4v) is 7.70. The largest absolute Gasteiger partial charge is 0.449 e. The van der Waals surface area contributed by atoms with Crippen molar-refractivity contribution in [2.45, 2.75) is 24.9 Å². The van der Waals surface area contributed by atoms with Crippen LogP contribution in [0, 0.1) is 0 Å². The van der Waals surface area contributed by atoms with E-state index in [4.69, 9.17) is 4.74 Å². The molecule has 266 valence electrons. The van der Waals surface area contributed by atoms with Crippen LogP contribution in [-0.4, -0.2) is 63.9 Å². The normalized spacial score (nSPS) is 14.4. The predicted molar refractivity (Wildman–Crippen MR) is 202 cm³/mol. The second-order valence-corrected chi connectivity index (χ2v) is 13.3. The van der Waals surface area contributed by atoms with E-state index in [-0.39, 0.29) is 19.1 Å². The maximum atomic E-state index is 13.4. The molecule has 0 spiro atoms. The zero-order chi connectivity index (χ0) is 36.6. The lowest BCUT2D eigenvalue weighted by molar-refractivity contribution is -0.124. The molecule has 0 unspecified atom stereocenters. The molecule has 11 heteroatoms. The summed E-state index contributed by atoms with van der Waals surface area (Å²) in [6.45, 7) is 0.225. The number of aromatic nitrogens is 2. The van der Waals surface area contributed by atoms with Gasteiger partial charge >= 0.3 is 6.09 Å². The molecule has 1 aliphatic carbocycles. The number of rotatable bonds is 11. The van der Waals surface area contributed by atoms with Crippen LogP contribution in [0.4, 0.5) is 4.79 Å². The van der Waals surface area contributed by atoms with Crippen molar-refractivity contribution in [2.75, 3.05) is 19.8 Å². The molecule has 11 nitrogen and oxygen atoms in total. The van der Waals surface area contributed by atoms with Crippen molar-refractivity contribution < 1.29 is 29.0 Å². The Labute approximate surface area is 304 Å². The Balaban J connectivity index is 0.925. The van der Waals surface area contributed by atoms with Gasteiger partial charge in [-0.2, -0.15) is 0 Å². The number of carbonyl (C=O) groups excluding carboxylic acids is 4. The number of imide groups is 1. The lowest BCUT2D eigenvalue weighted by Crippen LogP contribution is -2.49. The van der Waals surface area contributed by atoms with Gasteiger partial charge < -0.3 is 29.6 Å². The number of aryl methyl sites for hydroxylation is 2. The number of hydrogen-bond acceptors (Lipinski definition) is 6. The van der Waals surface area contributed by atoms with Crippen molar-refractivity contribution in [3.05, 3.63) is 132 Å². The molecule has 6 aromatic rings. The topological polar surface area (TPSA) is 144 Å². The minimum atomic E-state index is -1.19. The van der Waals surface area contributed by atoms with Crippen molar-refractivity contribution in [3.63, 3.8) is 0 Å². The molecule has 53 heavy (non-hydrogen) atoms. The Morgan fingerprint density at radius 3 is 2.00 bits per heavy atom. The summed E-state index contributed by atoms with van der Waals surface area (Å²) < 4.78 is 9.51. The number of aliphatic hydroxyl groups excluding tert-OH is 1. The fourth-order valence-electron chi connectivity index (χ4n) is 7.70. The van der Waals surface area contributed by atoms with Crippen LogP contribution in [0.15, 0.2) is 109 Å². The number of fused-ring (bicyclic) bond motifs is 5. The molecule has 4 amide bonds. The van der Waals surface area contributed by atoms with Crippen LogP contribution in [-0.2, 0) is 32.7 Å². The van der Waals surface area contributed by atoms with E-state index in [1.54, 1.807) is 0 Å². The van der Waals surface area contributed by atoms with Gasteiger partial charge in [-0.1, -0.05) is 84.9 Å². The molecule has 4 N–H and O–H groups in total. The number of carbonyl (C=O) groups is 4. The highest BCUT2D eigenvalue weighted by molar-refractivity contribution is 6.50. The third kappa shape index (κ3) is 6.04. The second-order valence-electron chi connectivity index (χ2n) is 13.3. The summed E-state index contributed by atoms with van der Waals surface area (Å²) in [5.74, 6) is -1.56. The minimum Gasteiger partial charge on any atom is -0.449 e. The van der Waals surface area contributed by atoms with Crippen LogP contribution >= 0.6 is 0 Å². The number of nitrogens with one attached hydrogen (secondary N) is 3. The van der Waals surface area contributed by atoms with Gasteiger partial charge in [0.1, 0.15) is 12.6 Å². The van der Waals surface area contributed by atoms with E-state index in [1.165, 1.54) is 0 Å². The Kier molecular flexibility index (Phi) is 8.85. The van der Waals surface area contributed by atoms with Crippen molar-refractivity contribution in [3.8, 4) is 11.1 Å². The molecular formula is C42H37N5O6. The molecule has 0 saturated heterocycles. The zero-order valence-electron chi connectivity index (χ0n) is 29.0. The fraction of sp³-hybridized carbons (Fsp3) is 0.190. The molecule has 0 saturated carbocycles. The van der Waals surface area contributed by atoms with E-state index < -0.39 is 36.5 Å². The predicted octanol–water partition coefficient (Wildman–Crippen LogP) is 5.11. The van der Waals surface area contributed by atoms with Gasteiger partial charge in [-0.3, -0.25) is 19.7 Å². The van der Waals surface area contributed by atoms with Gasteiger partial charge in [0.25, 0.3) is 11.8 Å². The van der Waals surface area contributed by atoms with Gasteiger partial charge in [0.15, 0.2) is 0 Å². The van der Waals surface area contributed by atoms with Gasteiger partial charge in [-0.05, 0) is 40.8 Å². The summed E-state index contributed by atoms with van der Waals surface area (Å²) in [6.07, 6.45) is 3.47. The smallest absolute Gasteiger partial charge is 0.407 e. The first-order chi connectivity index (χ1) is 25.8. The van der Waals surface area contributed by atoms with Crippen molar-refractivity contribution in [1.29, 1.82) is 0 Å². The van der Waals surface area contributed by atoms with Crippen LogP contribution in [0.3, 0.4) is 0 Å². The van der Waals surface area contributed by atoms with Gasteiger partial charge in [0.2, 0.25) is 5.91 Å². The molecule has 0 fully saturated rings.